The maximum atomic E-state index is 11.9. The van der Waals surface area contributed by atoms with Crippen LogP contribution in [-0.4, -0.2) is 42.9 Å². The Balaban J connectivity index is 1.67. The summed E-state index contributed by atoms with van der Waals surface area (Å²) in [6, 6.07) is 0.323. The lowest BCUT2D eigenvalue weighted by molar-refractivity contribution is -0.119. The minimum Gasteiger partial charge on any atom is -0.353 e. The van der Waals surface area contributed by atoms with Crippen LogP contribution in [0, 0.1) is 5.92 Å². The number of rotatable bonds is 4. The van der Waals surface area contributed by atoms with Crippen LogP contribution in [-0.2, 0) is 14.6 Å². The Labute approximate surface area is 120 Å². The van der Waals surface area contributed by atoms with Gasteiger partial charge in [0.15, 0.2) is 9.84 Å². The average Bonchev–Trinajstić information content (AvgIpc) is 2.66. The molecule has 0 aromatic carbocycles. The van der Waals surface area contributed by atoms with Crippen LogP contribution >= 0.6 is 11.8 Å². The van der Waals surface area contributed by atoms with Crippen molar-refractivity contribution < 1.29 is 13.2 Å². The fraction of sp³-hybridized carbons (Fsp3) is 0.923. The lowest BCUT2D eigenvalue weighted by Gasteiger charge is -2.27. The van der Waals surface area contributed by atoms with E-state index in [9.17, 15) is 13.2 Å². The molecule has 1 aliphatic carbocycles. The first-order valence-corrected chi connectivity index (χ1v) is 9.93. The highest BCUT2D eigenvalue weighted by molar-refractivity contribution is 8.02. The Morgan fingerprint density at radius 2 is 2.11 bits per heavy atom. The van der Waals surface area contributed by atoms with E-state index < -0.39 is 9.84 Å². The molecule has 0 aromatic heterocycles. The largest absolute Gasteiger partial charge is 0.353 e. The summed E-state index contributed by atoms with van der Waals surface area (Å²) in [6.07, 6.45) is 5.31. The molecule has 0 bridgehead atoms. The molecule has 1 aliphatic heterocycles. The molecule has 6 heteroatoms. The third-order valence-corrected chi connectivity index (χ3v) is 7.22. The molecule has 19 heavy (non-hydrogen) atoms. The zero-order valence-electron chi connectivity index (χ0n) is 11.4. The van der Waals surface area contributed by atoms with Gasteiger partial charge in [-0.25, -0.2) is 8.42 Å². The number of sulfone groups is 1. The molecule has 2 aliphatic rings. The van der Waals surface area contributed by atoms with Crippen molar-refractivity contribution in [1.29, 1.82) is 0 Å². The van der Waals surface area contributed by atoms with E-state index in [2.05, 4.69) is 12.2 Å². The first kappa shape index (κ1) is 15.2. The highest BCUT2D eigenvalue weighted by Crippen LogP contribution is 2.25. The lowest BCUT2D eigenvalue weighted by Crippen LogP contribution is -2.39. The minimum atomic E-state index is -2.83. The molecule has 1 heterocycles. The van der Waals surface area contributed by atoms with Crippen LogP contribution in [0.3, 0.4) is 0 Å². The predicted octanol–water partition coefficient (Wildman–Crippen LogP) is 1.60. The van der Waals surface area contributed by atoms with Crippen molar-refractivity contribution in [3.8, 4) is 0 Å². The molecule has 0 radical (unpaired) electrons. The van der Waals surface area contributed by atoms with Gasteiger partial charge in [0.1, 0.15) is 0 Å². The van der Waals surface area contributed by atoms with Crippen LogP contribution in [0.2, 0.25) is 0 Å². The van der Waals surface area contributed by atoms with Gasteiger partial charge < -0.3 is 5.32 Å². The van der Waals surface area contributed by atoms with E-state index in [4.69, 9.17) is 0 Å². The maximum Gasteiger partial charge on any atom is 0.230 e. The topological polar surface area (TPSA) is 63.2 Å². The quantitative estimate of drug-likeness (QED) is 0.857. The number of amides is 1. The van der Waals surface area contributed by atoms with E-state index in [0.29, 0.717) is 24.1 Å². The molecule has 2 rings (SSSR count). The van der Waals surface area contributed by atoms with E-state index in [1.54, 1.807) is 0 Å². The molecule has 110 valence electrons. The summed E-state index contributed by atoms with van der Waals surface area (Å²) < 4.78 is 22.6. The van der Waals surface area contributed by atoms with Gasteiger partial charge in [0, 0.05) is 11.3 Å². The third-order valence-electron chi connectivity index (χ3n) is 3.94. The molecule has 1 saturated carbocycles. The van der Waals surface area contributed by atoms with Crippen LogP contribution in [0.25, 0.3) is 0 Å². The van der Waals surface area contributed by atoms with Crippen molar-refractivity contribution in [1.82, 2.24) is 5.32 Å². The zero-order chi connectivity index (χ0) is 13.9. The number of carbonyl (C=O) groups excluding carboxylic acids is 1. The molecular formula is C13H23NO3S2. The van der Waals surface area contributed by atoms with Crippen molar-refractivity contribution in [2.75, 3.05) is 17.3 Å². The summed E-state index contributed by atoms with van der Waals surface area (Å²) in [4.78, 5) is 11.9. The van der Waals surface area contributed by atoms with Gasteiger partial charge in [0.05, 0.1) is 17.3 Å². The summed E-state index contributed by atoms with van der Waals surface area (Å²) in [5.41, 5.74) is 0. The van der Waals surface area contributed by atoms with E-state index in [1.807, 2.05) is 0 Å². The Morgan fingerprint density at radius 1 is 1.32 bits per heavy atom. The van der Waals surface area contributed by atoms with Gasteiger partial charge in [-0.3, -0.25) is 4.79 Å². The predicted molar refractivity (Wildman–Crippen MR) is 79.1 cm³/mol. The number of thioether (sulfide) groups is 1. The molecule has 1 saturated heterocycles. The second-order valence-electron chi connectivity index (χ2n) is 5.87. The highest BCUT2D eigenvalue weighted by atomic mass is 32.2. The van der Waals surface area contributed by atoms with Crippen molar-refractivity contribution in [3.05, 3.63) is 0 Å². The molecule has 2 fully saturated rings. The van der Waals surface area contributed by atoms with Gasteiger partial charge in [0.25, 0.3) is 0 Å². The molecule has 4 nitrogen and oxygen atoms in total. The molecule has 0 unspecified atom stereocenters. The van der Waals surface area contributed by atoms with E-state index in [-0.39, 0.29) is 22.7 Å². The monoisotopic (exact) mass is 305 g/mol. The van der Waals surface area contributed by atoms with E-state index in [0.717, 1.165) is 12.8 Å². The van der Waals surface area contributed by atoms with Gasteiger partial charge in [-0.05, 0) is 25.2 Å². The normalized spacial score (nSPS) is 34.1. The second-order valence-corrected chi connectivity index (χ2v) is 9.39. The molecule has 3 atom stereocenters. The summed E-state index contributed by atoms with van der Waals surface area (Å²) in [5, 5.41) is 3.20. The van der Waals surface area contributed by atoms with Crippen molar-refractivity contribution in [3.63, 3.8) is 0 Å². The fourth-order valence-electron chi connectivity index (χ4n) is 2.92. The smallest absolute Gasteiger partial charge is 0.230 e. The lowest BCUT2D eigenvalue weighted by atomic mass is 9.87. The van der Waals surface area contributed by atoms with Crippen LogP contribution in [0.1, 0.15) is 39.0 Å². The van der Waals surface area contributed by atoms with Crippen LogP contribution < -0.4 is 5.32 Å². The molecule has 1 N–H and O–H groups in total. The van der Waals surface area contributed by atoms with Crippen molar-refractivity contribution in [2.24, 2.45) is 5.92 Å². The molecule has 0 spiro atoms. The molecular weight excluding hydrogens is 282 g/mol. The summed E-state index contributed by atoms with van der Waals surface area (Å²) >= 11 is 1.49. The fourth-order valence-corrected chi connectivity index (χ4v) is 6.37. The number of hydrogen-bond donors (Lipinski definition) is 1. The SMILES string of the molecule is C[C@@H]1CCC[C@H](NC(=O)CS[C@@H]2CCS(=O)(=O)C2)C1. The van der Waals surface area contributed by atoms with Crippen molar-refractivity contribution in [2.45, 2.75) is 50.3 Å². The van der Waals surface area contributed by atoms with Gasteiger partial charge in [0.2, 0.25) is 5.91 Å². The standard InChI is InChI=1S/C13H23NO3S2/c1-10-3-2-4-11(7-10)14-13(15)8-18-12-5-6-19(16,17)9-12/h10-12H,2-9H2,1H3,(H,14,15)/t10-,11+,12-/m1/s1. The molecule has 1 amide bonds. The van der Waals surface area contributed by atoms with Crippen LogP contribution in [0.15, 0.2) is 0 Å². The Bertz CT molecular complexity index is 422. The first-order valence-electron chi connectivity index (χ1n) is 7.06. The Morgan fingerprint density at radius 3 is 2.74 bits per heavy atom. The zero-order valence-corrected chi connectivity index (χ0v) is 13.1. The summed E-state index contributed by atoms with van der Waals surface area (Å²) in [5.74, 6) is 1.68. The Kier molecular flexibility index (Phi) is 5.17. The molecule has 0 aromatic rings. The second kappa shape index (κ2) is 6.48. The van der Waals surface area contributed by atoms with Gasteiger partial charge in [-0.2, -0.15) is 0 Å². The number of nitrogens with one attached hydrogen (secondary N) is 1. The third kappa shape index (κ3) is 4.99. The number of carbonyl (C=O) groups is 1. The average molecular weight is 305 g/mol. The number of hydrogen-bond acceptors (Lipinski definition) is 4. The van der Waals surface area contributed by atoms with Crippen molar-refractivity contribution >= 4 is 27.5 Å². The first-order chi connectivity index (χ1) is 8.94. The Hall–Kier alpha value is -0.230. The van der Waals surface area contributed by atoms with E-state index in [1.165, 1.54) is 24.6 Å². The van der Waals surface area contributed by atoms with Crippen LogP contribution in [0.4, 0.5) is 0 Å². The minimum absolute atomic E-state index is 0.0633. The summed E-state index contributed by atoms with van der Waals surface area (Å²) in [6.45, 7) is 2.23. The highest BCUT2D eigenvalue weighted by Gasteiger charge is 2.29. The maximum absolute atomic E-state index is 11.9. The van der Waals surface area contributed by atoms with E-state index >= 15 is 0 Å². The van der Waals surface area contributed by atoms with Crippen LogP contribution in [0.5, 0.6) is 0 Å². The van der Waals surface area contributed by atoms with Gasteiger partial charge in [-0.15, -0.1) is 11.8 Å². The van der Waals surface area contributed by atoms with Gasteiger partial charge in [-0.1, -0.05) is 19.8 Å². The summed E-state index contributed by atoms with van der Waals surface area (Å²) in [7, 11) is -2.83. The van der Waals surface area contributed by atoms with Gasteiger partial charge >= 0.3 is 0 Å².